The number of nitrogens with one attached hydrogen (secondary N) is 1. The monoisotopic (exact) mass is 489 g/mol. The second-order valence-corrected chi connectivity index (χ2v) is 8.92. The number of carbonyl (C=O) groups is 1. The Morgan fingerprint density at radius 3 is 2.89 bits per heavy atom. The molecule has 186 valence electrons. The van der Waals surface area contributed by atoms with Gasteiger partial charge in [0, 0.05) is 31.4 Å². The fourth-order valence-electron chi connectivity index (χ4n) is 4.65. The summed E-state index contributed by atoms with van der Waals surface area (Å²) in [5, 5.41) is 13.1. The van der Waals surface area contributed by atoms with Gasteiger partial charge < -0.3 is 10.1 Å². The molecule has 1 atom stereocenters. The summed E-state index contributed by atoms with van der Waals surface area (Å²) in [6.45, 7) is 4.53. The minimum atomic E-state index is -0.312. The summed E-state index contributed by atoms with van der Waals surface area (Å²) >= 11 is 0. The number of rotatable bonds is 7. The number of ether oxygens (including phenoxy) is 1. The maximum atomic E-state index is 14.1. The Labute approximate surface area is 208 Å². The van der Waals surface area contributed by atoms with Crippen molar-refractivity contribution in [1.82, 2.24) is 30.3 Å². The van der Waals surface area contributed by atoms with Gasteiger partial charge in [-0.2, -0.15) is 0 Å². The highest BCUT2D eigenvalue weighted by Gasteiger charge is 2.30. The lowest BCUT2D eigenvalue weighted by molar-refractivity contribution is 0.0971. The molecule has 0 spiro atoms. The molecular formula is C26H28FN7O2. The normalized spacial score (nSPS) is 15.8. The highest BCUT2D eigenvalue weighted by atomic mass is 19.1. The van der Waals surface area contributed by atoms with E-state index in [2.05, 4.69) is 25.6 Å². The number of methoxy groups -OCH3 is 1. The van der Waals surface area contributed by atoms with Crippen LogP contribution in [0.3, 0.4) is 0 Å². The van der Waals surface area contributed by atoms with Crippen LogP contribution in [0.4, 0.5) is 10.2 Å². The zero-order chi connectivity index (χ0) is 25.1. The van der Waals surface area contributed by atoms with Crippen LogP contribution in [0.15, 0.2) is 48.9 Å². The number of halogens is 1. The van der Waals surface area contributed by atoms with Gasteiger partial charge in [-0.15, -0.1) is 5.10 Å². The zero-order valence-corrected chi connectivity index (χ0v) is 20.3. The molecule has 0 unspecified atom stereocenters. The Morgan fingerprint density at radius 2 is 2.14 bits per heavy atom. The van der Waals surface area contributed by atoms with Crippen molar-refractivity contribution in [3.63, 3.8) is 0 Å². The van der Waals surface area contributed by atoms with Gasteiger partial charge in [-0.3, -0.25) is 14.7 Å². The average Bonchev–Trinajstić information content (AvgIpc) is 3.37. The van der Waals surface area contributed by atoms with Gasteiger partial charge >= 0.3 is 0 Å². The van der Waals surface area contributed by atoms with E-state index in [1.54, 1.807) is 53.5 Å². The highest BCUT2D eigenvalue weighted by Crippen LogP contribution is 2.32. The third-order valence-corrected chi connectivity index (χ3v) is 6.42. The molecule has 1 aliphatic rings. The fourth-order valence-corrected chi connectivity index (χ4v) is 4.65. The van der Waals surface area contributed by atoms with Crippen molar-refractivity contribution in [3.05, 3.63) is 65.9 Å². The second kappa shape index (κ2) is 10.5. The Balaban J connectivity index is 1.50. The topological polar surface area (TPSA) is 98.1 Å². The lowest BCUT2D eigenvalue weighted by atomic mass is 10.0. The van der Waals surface area contributed by atoms with Gasteiger partial charge in [0.1, 0.15) is 17.3 Å². The number of anilines is 1. The smallest absolute Gasteiger partial charge is 0.261 e. The molecule has 36 heavy (non-hydrogen) atoms. The van der Waals surface area contributed by atoms with E-state index in [9.17, 15) is 9.18 Å². The Morgan fingerprint density at radius 1 is 1.25 bits per heavy atom. The Bertz CT molecular complexity index is 1370. The van der Waals surface area contributed by atoms with Gasteiger partial charge in [0.2, 0.25) is 0 Å². The molecule has 1 amide bonds. The summed E-state index contributed by atoms with van der Waals surface area (Å²) in [7, 11) is 1.63. The van der Waals surface area contributed by atoms with Crippen molar-refractivity contribution >= 4 is 22.5 Å². The van der Waals surface area contributed by atoms with Gasteiger partial charge in [-0.1, -0.05) is 5.21 Å². The largest absolute Gasteiger partial charge is 0.383 e. The molecule has 3 aromatic heterocycles. The summed E-state index contributed by atoms with van der Waals surface area (Å²) < 4.78 is 20.9. The van der Waals surface area contributed by atoms with Crippen molar-refractivity contribution in [2.45, 2.75) is 32.4 Å². The van der Waals surface area contributed by atoms with E-state index in [0.717, 1.165) is 30.3 Å². The van der Waals surface area contributed by atoms with Gasteiger partial charge in [0.05, 0.1) is 36.6 Å². The van der Waals surface area contributed by atoms with Gasteiger partial charge in [-0.25, -0.2) is 14.1 Å². The molecule has 0 saturated carbocycles. The molecule has 1 N–H and O–H groups in total. The molecule has 4 aromatic rings. The number of nitrogens with zero attached hydrogens (tertiary/aromatic N) is 6. The minimum absolute atomic E-state index is 0.0887. The first-order valence-electron chi connectivity index (χ1n) is 12.0. The summed E-state index contributed by atoms with van der Waals surface area (Å²) in [6.07, 6.45) is 6.77. The van der Waals surface area contributed by atoms with Crippen molar-refractivity contribution in [2.24, 2.45) is 0 Å². The summed E-state index contributed by atoms with van der Waals surface area (Å²) in [5.74, 6) is 0.0254. The first kappa shape index (κ1) is 24.0. The molecule has 1 saturated heterocycles. The van der Waals surface area contributed by atoms with E-state index < -0.39 is 0 Å². The molecular weight excluding hydrogens is 461 g/mol. The van der Waals surface area contributed by atoms with Crippen LogP contribution in [-0.4, -0.2) is 63.7 Å². The van der Waals surface area contributed by atoms with Crippen LogP contribution in [0, 0.1) is 12.7 Å². The molecule has 4 heterocycles. The predicted molar refractivity (Wildman–Crippen MR) is 134 cm³/mol. The molecule has 0 bridgehead atoms. The number of fused-ring (bicyclic) bond motifs is 1. The third kappa shape index (κ3) is 4.82. The number of aryl methyl sites for hydroxylation is 1. The van der Waals surface area contributed by atoms with Crippen molar-refractivity contribution in [3.8, 4) is 11.4 Å². The molecule has 0 radical (unpaired) electrons. The molecule has 5 rings (SSSR count). The van der Waals surface area contributed by atoms with E-state index in [1.807, 2.05) is 6.92 Å². The first-order valence-corrected chi connectivity index (χ1v) is 12.0. The van der Waals surface area contributed by atoms with E-state index in [1.165, 1.54) is 12.1 Å². The number of aromatic nitrogens is 5. The van der Waals surface area contributed by atoms with Crippen LogP contribution < -0.4 is 10.2 Å². The van der Waals surface area contributed by atoms with E-state index >= 15 is 0 Å². The van der Waals surface area contributed by atoms with Crippen LogP contribution in [0.25, 0.3) is 22.2 Å². The van der Waals surface area contributed by atoms with Crippen LogP contribution in [0.5, 0.6) is 0 Å². The molecule has 10 heteroatoms. The van der Waals surface area contributed by atoms with Gasteiger partial charge in [0.15, 0.2) is 0 Å². The summed E-state index contributed by atoms with van der Waals surface area (Å²) in [5.41, 5.74) is 2.41. The third-order valence-electron chi connectivity index (χ3n) is 6.42. The number of carbonyl (C=O) groups excluding carboxylic acids is 1. The SMILES string of the molecule is COCCn1cc(-c2ccc(C(=O)N(c3nccc4cc(F)cc(C)c34)[C@@H]3CCCNC3)cn2)nn1. The number of piperidine rings is 1. The van der Waals surface area contributed by atoms with E-state index in [4.69, 9.17) is 4.74 Å². The summed E-state index contributed by atoms with van der Waals surface area (Å²) in [4.78, 5) is 24.8. The quantitative estimate of drug-likeness (QED) is 0.425. The molecule has 9 nitrogen and oxygen atoms in total. The maximum absolute atomic E-state index is 14.1. The number of benzene rings is 1. The van der Waals surface area contributed by atoms with Gasteiger partial charge in [-0.05, 0) is 67.6 Å². The zero-order valence-electron chi connectivity index (χ0n) is 20.3. The van der Waals surface area contributed by atoms with Gasteiger partial charge in [0.25, 0.3) is 5.91 Å². The van der Waals surface area contributed by atoms with Crippen molar-refractivity contribution in [2.75, 3.05) is 31.7 Å². The first-order chi connectivity index (χ1) is 17.5. The Hall–Kier alpha value is -3.76. The van der Waals surface area contributed by atoms with E-state index in [-0.39, 0.29) is 17.8 Å². The summed E-state index contributed by atoms with van der Waals surface area (Å²) in [6, 6.07) is 8.16. The lowest BCUT2D eigenvalue weighted by Gasteiger charge is -2.34. The molecule has 1 aliphatic heterocycles. The molecule has 1 fully saturated rings. The molecule has 0 aliphatic carbocycles. The lowest BCUT2D eigenvalue weighted by Crippen LogP contribution is -2.49. The standard InChI is InChI=1S/C26H28FN7O2/c1-17-12-20(27)13-18-7-9-29-25(24(17)18)34(21-4-3-8-28-15-21)26(35)19-5-6-22(30-14-19)23-16-33(32-31-23)10-11-36-2/h5-7,9,12-14,16,21,28H,3-4,8,10-11,15H2,1-2H3/t21-/m1/s1. The number of hydrogen-bond donors (Lipinski definition) is 1. The van der Waals surface area contributed by atoms with Crippen LogP contribution in [0.2, 0.25) is 0 Å². The number of hydrogen-bond acceptors (Lipinski definition) is 7. The average molecular weight is 490 g/mol. The second-order valence-electron chi connectivity index (χ2n) is 8.92. The van der Waals surface area contributed by atoms with Crippen molar-refractivity contribution < 1.29 is 13.9 Å². The van der Waals surface area contributed by atoms with Crippen LogP contribution in [-0.2, 0) is 11.3 Å². The fraction of sp³-hybridized carbons (Fsp3) is 0.346. The van der Waals surface area contributed by atoms with Crippen LogP contribution in [0.1, 0.15) is 28.8 Å². The minimum Gasteiger partial charge on any atom is -0.383 e. The van der Waals surface area contributed by atoms with E-state index in [0.29, 0.717) is 47.9 Å². The highest BCUT2D eigenvalue weighted by molar-refractivity contribution is 6.10. The predicted octanol–water partition coefficient (Wildman–Crippen LogP) is 3.38. The maximum Gasteiger partial charge on any atom is 0.261 e. The Kier molecular flexibility index (Phi) is 6.97. The number of pyridine rings is 2. The van der Waals surface area contributed by atoms with Crippen LogP contribution >= 0.6 is 0 Å². The van der Waals surface area contributed by atoms with Crippen molar-refractivity contribution in [1.29, 1.82) is 0 Å². The molecule has 1 aromatic carbocycles. The number of amides is 1.